The molecule has 0 aromatic heterocycles. The van der Waals surface area contributed by atoms with Gasteiger partial charge >= 0.3 is 0 Å². The van der Waals surface area contributed by atoms with Crippen LogP contribution in [0.1, 0.15) is 22.3 Å². The minimum absolute atomic E-state index is 0.127. The van der Waals surface area contributed by atoms with E-state index in [9.17, 15) is 10.1 Å². The van der Waals surface area contributed by atoms with E-state index in [0.717, 1.165) is 11.1 Å². The number of nitro benzene ring substituents is 1. The molecular weight excluding hydrogens is 352 g/mol. The topological polar surface area (TPSA) is 121 Å². The molecule has 0 atom stereocenters. The minimum Gasteiger partial charge on any atom is -0.399 e. The lowest BCUT2D eigenvalue weighted by atomic mass is 10.0. The Balaban J connectivity index is 2.03. The van der Waals surface area contributed by atoms with Crippen LogP contribution in [0, 0.1) is 33.8 Å². The third-order valence-corrected chi connectivity index (χ3v) is 3.88. The molecule has 3 aromatic carbocycles. The van der Waals surface area contributed by atoms with Gasteiger partial charge in [-0.3, -0.25) is 10.1 Å². The number of nitro groups is 1. The molecule has 0 heterocycles. The summed E-state index contributed by atoms with van der Waals surface area (Å²) in [6.45, 7) is 0. The number of hydrogen-bond acceptors (Lipinski definition) is 5. The van der Waals surface area contributed by atoms with E-state index in [0.29, 0.717) is 22.5 Å². The van der Waals surface area contributed by atoms with Crippen LogP contribution in [0.5, 0.6) is 0 Å². The van der Waals surface area contributed by atoms with Crippen LogP contribution in [0.15, 0.2) is 60.7 Å². The van der Waals surface area contributed by atoms with E-state index in [2.05, 4.69) is 23.7 Å². The van der Waals surface area contributed by atoms with Gasteiger partial charge in [0, 0.05) is 34.6 Å². The predicted octanol–water partition coefficient (Wildman–Crippen LogP) is 3.14. The number of nitrogen functional groups attached to an aromatic ring is 3. The Bertz CT molecular complexity index is 1080. The molecule has 0 spiro atoms. The van der Waals surface area contributed by atoms with Crippen LogP contribution in [-0.4, -0.2) is 4.92 Å². The predicted molar refractivity (Wildman–Crippen MR) is 111 cm³/mol. The molecule has 6 nitrogen and oxygen atoms in total. The van der Waals surface area contributed by atoms with Gasteiger partial charge in [0.25, 0.3) is 5.69 Å². The molecular formula is C22H16N4O2. The average Bonchev–Trinajstić information content (AvgIpc) is 2.68. The Morgan fingerprint density at radius 2 is 1.07 bits per heavy atom. The molecule has 136 valence electrons. The lowest BCUT2D eigenvalue weighted by Gasteiger charge is -2.03. The molecule has 0 radical (unpaired) electrons. The van der Waals surface area contributed by atoms with E-state index < -0.39 is 4.92 Å². The van der Waals surface area contributed by atoms with E-state index in [4.69, 9.17) is 17.2 Å². The van der Waals surface area contributed by atoms with E-state index >= 15 is 0 Å². The fraction of sp³-hybridized carbons (Fsp3) is 0. The van der Waals surface area contributed by atoms with Crippen molar-refractivity contribution in [1.29, 1.82) is 0 Å². The quantitative estimate of drug-likeness (QED) is 0.264. The molecule has 0 saturated heterocycles. The molecule has 0 amide bonds. The summed E-state index contributed by atoms with van der Waals surface area (Å²) in [5, 5.41) is 11.3. The maximum atomic E-state index is 11.3. The minimum atomic E-state index is -0.498. The zero-order chi connectivity index (χ0) is 20.1. The Hall–Kier alpha value is -4.42. The Morgan fingerprint density at radius 3 is 1.43 bits per heavy atom. The van der Waals surface area contributed by atoms with Crippen LogP contribution in [0.4, 0.5) is 22.7 Å². The van der Waals surface area contributed by atoms with Crippen LogP contribution in [0.2, 0.25) is 0 Å². The molecule has 0 fully saturated rings. The summed E-state index contributed by atoms with van der Waals surface area (Å²) < 4.78 is 0. The van der Waals surface area contributed by atoms with Gasteiger partial charge < -0.3 is 17.2 Å². The van der Waals surface area contributed by atoms with E-state index in [-0.39, 0.29) is 11.4 Å². The largest absolute Gasteiger partial charge is 0.399 e. The van der Waals surface area contributed by atoms with Gasteiger partial charge in [-0.1, -0.05) is 23.7 Å². The molecule has 28 heavy (non-hydrogen) atoms. The van der Waals surface area contributed by atoms with Crippen LogP contribution in [-0.2, 0) is 0 Å². The maximum Gasteiger partial charge on any atom is 0.272 e. The van der Waals surface area contributed by atoms with Gasteiger partial charge in [0.1, 0.15) is 0 Å². The van der Waals surface area contributed by atoms with Crippen molar-refractivity contribution in [3.8, 4) is 23.7 Å². The fourth-order valence-electron chi connectivity index (χ4n) is 2.36. The van der Waals surface area contributed by atoms with Crippen LogP contribution in [0.3, 0.4) is 0 Å². The molecule has 3 aromatic rings. The number of nitrogens with two attached hydrogens (primary N) is 3. The summed E-state index contributed by atoms with van der Waals surface area (Å²) in [6, 6.07) is 16.6. The zero-order valence-corrected chi connectivity index (χ0v) is 14.8. The molecule has 0 aliphatic heterocycles. The highest BCUT2D eigenvalue weighted by molar-refractivity contribution is 5.70. The summed E-state index contributed by atoms with van der Waals surface area (Å²) in [6.07, 6.45) is 0. The standard InChI is InChI=1S/C22H16N4O2/c23-19-9-3-15(4-10-19)1-7-17-13-21(26(27)28)14-18(22(17)25)8-2-16-5-11-20(24)12-6-16/h3-6,9-14H,23-25H2. The normalized spacial score (nSPS) is 9.57. The van der Waals surface area contributed by atoms with Crippen molar-refractivity contribution in [3.05, 3.63) is 93.0 Å². The second-order valence-corrected chi connectivity index (χ2v) is 5.96. The molecule has 0 bridgehead atoms. The maximum absolute atomic E-state index is 11.3. The first-order valence-corrected chi connectivity index (χ1v) is 8.25. The van der Waals surface area contributed by atoms with Crippen molar-refractivity contribution in [2.24, 2.45) is 0 Å². The first kappa shape index (κ1) is 18.4. The van der Waals surface area contributed by atoms with Gasteiger partial charge in [-0.25, -0.2) is 0 Å². The van der Waals surface area contributed by atoms with Crippen LogP contribution >= 0.6 is 0 Å². The van der Waals surface area contributed by atoms with Gasteiger partial charge in [0.05, 0.1) is 21.7 Å². The number of hydrogen-bond donors (Lipinski definition) is 3. The molecule has 6 N–H and O–H groups in total. The lowest BCUT2D eigenvalue weighted by molar-refractivity contribution is -0.384. The third-order valence-electron chi connectivity index (χ3n) is 3.88. The SMILES string of the molecule is Nc1ccc(C#Cc2cc([N+](=O)[O-])cc(C#Cc3ccc(N)cc3)c2N)cc1. The van der Waals surface area contributed by atoms with Crippen molar-refractivity contribution >= 4 is 22.7 Å². The number of benzene rings is 3. The summed E-state index contributed by atoms with van der Waals surface area (Å²) >= 11 is 0. The summed E-state index contributed by atoms with van der Waals surface area (Å²) in [4.78, 5) is 10.8. The first-order chi connectivity index (χ1) is 13.4. The monoisotopic (exact) mass is 368 g/mol. The van der Waals surface area contributed by atoms with Crippen LogP contribution in [0.25, 0.3) is 0 Å². The highest BCUT2D eigenvalue weighted by Gasteiger charge is 2.12. The fourth-order valence-corrected chi connectivity index (χ4v) is 2.36. The van der Waals surface area contributed by atoms with Gasteiger partial charge in [0.15, 0.2) is 0 Å². The van der Waals surface area contributed by atoms with Crippen molar-refractivity contribution in [2.45, 2.75) is 0 Å². The Kier molecular flexibility index (Phi) is 5.16. The lowest BCUT2D eigenvalue weighted by Crippen LogP contribution is -1.98. The van der Waals surface area contributed by atoms with E-state index in [1.54, 1.807) is 48.5 Å². The second-order valence-electron chi connectivity index (χ2n) is 5.96. The molecule has 3 rings (SSSR count). The molecule has 6 heteroatoms. The first-order valence-electron chi connectivity index (χ1n) is 8.25. The highest BCUT2D eigenvalue weighted by Crippen LogP contribution is 2.24. The van der Waals surface area contributed by atoms with E-state index in [1.165, 1.54) is 12.1 Å². The highest BCUT2D eigenvalue weighted by atomic mass is 16.6. The van der Waals surface area contributed by atoms with Crippen molar-refractivity contribution in [3.63, 3.8) is 0 Å². The number of non-ortho nitro benzene ring substituents is 1. The summed E-state index contributed by atoms with van der Waals surface area (Å²) in [5.41, 5.74) is 21.0. The van der Waals surface area contributed by atoms with Gasteiger partial charge in [-0.2, -0.15) is 0 Å². The molecule has 0 aliphatic rings. The number of rotatable bonds is 1. The number of nitrogens with zero attached hydrogens (tertiary/aromatic N) is 1. The Labute approximate surface area is 162 Å². The van der Waals surface area contributed by atoms with E-state index in [1.807, 2.05) is 0 Å². The van der Waals surface area contributed by atoms with Crippen molar-refractivity contribution in [2.75, 3.05) is 17.2 Å². The average molecular weight is 368 g/mol. The van der Waals surface area contributed by atoms with Crippen LogP contribution < -0.4 is 17.2 Å². The Morgan fingerprint density at radius 1 is 0.679 bits per heavy atom. The summed E-state index contributed by atoms with van der Waals surface area (Å²) in [7, 11) is 0. The van der Waals surface area contributed by atoms with Gasteiger partial charge in [-0.15, -0.1) is 0 Å². The smallest absolute Gasteiger partial charge is 0.272 e. The number of anilines is 3. The molecule has 0 saturated carbocycles. The zero-order valence-electron chi connectivity index (χ0n) is 14.8. The van der Waals surface area contributed by atoms with Gasteiger partial charge in [-0.05, 0) is 48.5 Å². The van der Waals surface area contributed by atoms with Crippen molar-refractivity contribution in [1.82, 2.24) is 0 Å². The van der Waals surface area contributed by atoms with Crippen molar-refractivity contribution < 1.29 is 4.92 Å². The molecule has 0 unspecified atom stereocenters. The summed E-state index contributed by atoms with van der Waals surface area (Å²) in [5.74, 6) is 11.6. The second kappa shape index (κ2) is 7.86. The third kappa shape index (κ3) is 4.40. The van der Waals surface area contributed by atoms with Gasteiger partial charge in [0.2, 0.25) is 0 Å². The molecule has 0 aliphatic carbocycles.